The van der Waals surface area contributed by atoms with E-state index in [1.165, 1.54) is 0 Å². The van der Waals surface area contributed by atoms with Gasteiger partial charge in [-0.3, -0.25) is 9.59 Å². The first-order chi connectivity index (χ1) is 11.8. The smallest absolute Gasteiger partial charge is 0.227 e. The molecule has 0 saturated carbocycles. The fraction of sp³-hybridized carbons (Fsp3) is 0.588. The van der Waals surface area contributed by atoms with Gasteiger partial charge in [-0.2, -0.15) is 10.4 Å². The molecule has 2 aliphatic rings. The fourth-order valence-electron chi connectivity index (χ4n) is 3.39. The average Bonchev–Trinajstić information content (AvgIpc) is 2.90. The Bertz CT molecular complexity index is 763. The van der Waals surface area contributed by atoms with Gasteiger partial charge in [-0.15, -0.1) is 5.10 Å². The Labute approximate surface area is 147 Å². The van der Waals surface area contributed by atoms with Gasteiger partial charge >= 0.3 is 0 Å². The van der Waals surface area contributed by atoms with Crippen LogP contribution in [-0.4, -0.2) is 71.6 Å². The zero-order valence-corrected chi connectivity index (χ0v) is 15.0. The molecule has 2 fully saturated rings. The van der Waals surface area contributed by atoms with Crippen LogP contribution in [-0.2, 0) is 9.59 Å². The van der Waals surface area contributed by atoms with Gasteiger partial charge in [-0.1, -0.05) is 0 Å². The number of nitriles is 1. The van der Waals surface area contributed by atoms with Crippen molar-refractivity contribution in [3.8, 4) is 6.07 Å². The highest BCUT2D eigenvalue weighted by Crippen LogP contribution is 2.30. The van der Waals surface area contributed by atoms with Crippen molar-refractivity contribution in [2.24, 2.45) is 5.92 Å². The van der Waals surface area contributed by atoms with Crippen LogP contribution in [0.3, 0.4) is 0 Å². The number of aromatic nitrogens is 2. The molecule has 25 heavy (non-hydrogen) atoms. The zero-order valence-electron chi connectivity index (χ0n) is 15.0. The summed E-state index contributed by atoms with van der Waals surface area (Å²) in [6.45, 7) is 5.39. The Hall–Kier alpha value is -2.69. The van der Waals surface area contributed by atoms with Crippen molar-refractivity contribution in [1.82, 2.24) is 20.0 Å². The third kappa shape index (κ3) is 2.90. The second-order valence-corrected chi connectivity index (χ2v) is 6.96. The minimum atomic E-state index is -0.257. The number of carbonyl (C=O) groups is 2. The third-order valence-corrected chi connectivity index (χ3v) is 5.10. The summed E-state index contributed by atoms with van der Waals surface area (Å²) >= 11 is 0. The quantitative estimate of drug-likeness (QED) is 0.773. The Balaban J connectivity index is 1.68. The maximum atomic E-state index is 12.3. The van der Waals surface area contributed by atoms with Crippen LogP contribution in [0, 0.1) is 31.1 Å². The number of hydrogen-bond acceptors (Lipinski definition) is 6. The lowest BCUT2D eigenvalue weighted by molar-refractivity contribution is -0.133. The molecule has 3 heterocycles. The standard InChI is InChI=1S/C17H22N6O2/c1-10-11(2)19-20-16(14(10)6-18)22-8-13(9-22)23-7-12(5-15(23)24)17(25)21(3)4/h12-13H,5,7-9H2,1-4H3. The highest BCUT2D eigenvalue weighted by atomic mass is 16.2. The molecular formula is C17H22N6O2. The summed E-state index contributed by atoms with van der Waals surface area (Å²) in [6.07, 6.45) is 0.278. The number of rotatable bonds is 3. The molecule has 132 valence electrons. The van der Waals surface area contributed by atoms with Gasteiger partial charge < -0.3 is 14.7 Å². The van der Waals surface area contributed by atoms with Gasteiger partial charge in [0.05, 0.1) is 17.7 Å². The Morgan fingerprint density at radius 1 is 1.24 bits per heavy atom. The lowest BCUT2D eigenvalue weighted by Gasteiger charge is -2.44. The molecule has 1 atom stereocenters. The number of amides is 2. The van der Waals surface area contributed by atoms with E-state index < -0.39 is 0 Å². The van der Waals surface area contributed by atoms with Crippen molar-refractivity contribution < 1.29 is 9.59 Å². The van der Waals surface area contributed by atoms with Crippen LogP contribution in [0.2, 0.25) is 0 Å². The zero-order chi connectivity index (χ0) is 18.3. The number of likely N-dealkylation sites (tertiary alicyclic amines) is 1. The molecule has 2 saturated heterocycles. The van der Waals surface area contributed by atoms with Gasteiger partial charge in [0.2, 0.25) is 11.8 Å². The molecule has 1 aromatic rings. The monoisotopic (exact) mass is 342 g/mol. The molecule has 3 rings (SSSR count). The van der Waals surface area contributed by atoms with Crippen molar-refractivity contribution in [1.29, 1.82) is 5.26 Å². The van der Waals surface area contributed by atoms with Crippen LogP contribution < -0.4 is 4.90 Å². The maximum Gasteiger partial charge on any atom is 0.227 e. The molecule has 2 aliphatic heterocycles. The van der Waals surface area contributed by atoms with E-state index >= 15 is 0 Å². The summed E-state index contributed by atoms with van der Waals surface area (Å²) in [5.74, 6) is 0.345. The van der Waals surface area contributed by atoms with Gasteiger partial charge in [0.25, 0.3) is 0 Å². The summed E-state index contributed by atoms with van der Waals surface area (Å²) in [5.41, 5.74) is 2.13. The molecule has 8 heteroatoms. The molecule has 1 unspecified atom stereocenters. The van der Waals surface area contributed by atoms with Crippen LogP contribution in [0.5, 0.6) is 0 Å². The van der Waals surface area contributed by atoms with Crippen LogP contribution in [0.4, 0.5) is 5.82 Å². The number of hydrogen-bond donors (Lipinski definition) is 0. The molecule has 8 nitrogen and oxygen atoms in total. The molecule has 0 bridgehead atoms. The SMILES string of the molecule is Cc1nnc(N2CC(N3CC(C(=O)N(C)C)CC3=O)C2)c(C#N)c1C. The molecule has 0 radical (unpaired) electrons. The van der Waals surface area contributed by atoms with Crippen molar-refractivity contribution in [2.75, 3.05) is 38.6 Å². The summed E-state index contributed by atoms with van der Waals surface area (Å²) in [6, 6.07) is 2.26. The Morgan fingerprint density at radius 2 is 1.92 bits per heavy atom. The van der Waals surface area contributed by atoms with Crippen molar-refractivity contribution in [3.05, 3.63) is 16.8 Å². The van der Waals surface area contributed by atoms with E-state index in [4.69, 9.17) is 0 Å². The van der Waals surface area contributed by atoms with Crippen LogP contribution >= 0.6 is 0 Å². The van der Waals surface area contributed by atoms with Crippen LogP contribution in [0.1, 0.15) is 23.2 Å². The van der Waals surface area contributed by atoms with Crippen LogP contribution in [0.15, 0.2) is 0 Å². The van der Waals surface area contributed by atoms with Crippen molar-refractivity contribution in [2.45, 2.75) is 26.3 Å². The largest absolute Gasteiger partial charge is 0.350 e. The second-order valence-electron chi connectivity index (χ2n) is 6.96. The second kappa shape index (κ2) is 6.31. The normalized spacial score (nSPS) is 20.4. The van der Waals surface area contributed by atoms with E-state index in [-0.39, 0.29) is 30.2 Å². The first-order valence-electron chi connectivity index (χ1n) is 8.33. The Kier molecular flexibility index (Phi) is 4.33. The highest BCUT2D eigenvalue weighted by molar-refractivity contribution is 5.89. The minimum absolute atomic E-state index is 0.00109. The fourth-order valence-corrected chi connectivity index (χ4v) is 3.39. The predicted octanol–water partition coefficient (Wildman–Crippen LogP) is 0.0904. The molecule has 0 N–H and O–H groups in total. The van der Waals surface area contributed by atoms with E-state index in [1.807, 2.05) is 18.7 Å². The topological polar surface area (TPSA) is 93.4 Å². The molecule has 0 spiro atoms. The maximum absolute atomic E-state index is 12.3. The first kappa shape index (κ1) is 17.1. The Morgan fingerprint density at radius 3 is 2.52 bits per heavy atom. The van der Waals surface area contributed by atoms with Gasteiger partial charge in [0.15, 0.2) is 5.82 Å². The van der Waals surface area contributed by atoms with Gasteiger partial charge in [0.1, 0.15) is 11.6 Å². The molecular weight excluding hydrogens is 320 g/mol. The van der Waals surface area contributed by atoms with E-state index in [2.05, 4.69) is 16.3 Å². The number of anilines is 1. The van der Waals surface area contributed by atoms with E-state index in [0.717, 1.165) is 11.3 Å². The van der Waals surface area contributed by atoms with E-state index in [1.54, 1.807) is 23.9 Å². The van der Waals surface area contributed by atoms with E-state index in [0.29, 0.717) is 31.0 Å². The van der Waals surface area contributed by atoms with Crippen molar-refractivity contribution >= 4 is 17.6 Å². The summed E-state index contributed by atoms with van der Waals surface area (Å²) in [5, 5.41) is 17.7. The average molecular weight is 342 g/mol. The predicted molar refractivity (Wildman–Crippen MR) is 90.7 cm³/mol. The number of aryl methyl sites for hydroxylation is 1. The third-order valence-electron chi connectivity index (χ3n) is 5.10. The van der Waals surface area contributed by atoms with Gasteiger partial charge in [-0.25, -0.2) is 0 Å². The highest BCUT2D eigenvalue weighted by Gasteiger charge is 2.43. The summed E-state index contributed by atoms with van der Waals surface area (Å²) in [7, 11) is 3.42. The first-order valence-corrected chi connectivity index (χ1v) is 8.33. The molecule has 0 aromatic carbocycles. The number of carbonyl (C=O) groups excluding carboxylic acids is 2. The van der Waals surface area contributed by atoms with Crippen LogP contribution in [0.25, 0.3) is 0 Å². The van der Waals surface area contributed by atoms with Crippen molar-refractivity contribution in [3.63, 3.8) is 0 Å². The lowest BCUT2D eigenvalue weighted by Crippen LogP contribution is -2.60. The minimum Gasteiger partial charge on any atom is -0.350 e. The summed E-state index contributed by atoms with van der Waals surface area (Å²) in [4.78, 5) is 29.7. The number of nitrogens with zero attached hydrogens (tertiary/aromatic N) is 6. The summed E-state index contributed by atoms with van der Waals surface area (Å²) < 4.78 is 0. The van der Waals surface area contributed by atoms with Gasteiger partial charge in [-0.05, 0) is 19.4 Å². The molecule has 1 aromatic heterocycles. The lowest BCUT2D eigenvalue weighted by atomic mass is 10.0. The van der Waals surface area contributed by atoms with Gasteiger partial charge in [0, 0.05) is 40.2 Å². The molecule has 0 aliphatic carbocycles. The molecule has 2 amide bonds. The van der Waals surface area contributed by atoms with E-state index in [9.17, 15) is 14.9 Å².